The second-order valence-corrected chi connectivity index (χ2v) is 7.52. The van der Waals surface area contributed by atoms with E-state index >= 15 is 0 Å². The molecule has 0 saturated heterocycles. The van der Waals surface area contributed by atoms with Crippen LogP contribution in [0.1, 0.15) is 27.5 Å². The molecule has 0 bridgehead atoms. The summed E-state index contributed by atoms with van der Waals surface area (Å²) in [5.41, 5.74) is 3.51. The van der Waals surface area contributed by atoms with E-state index in [9.17, 15) is 28.2 Å². The Morgan fingerprint density at radius 2 is 1.70 bits per heavy atom. The van der Waals surface area contributed by atoms with Gasteiger partial charge in [0, 0.05) is 23.4 Å². The molecule has 1 fully saturated rings. The van der Waals surface area contributed by atoms with Crippen molar-refractivity contribution < 1.29 is 32.9 Å². The highest BCUT2D eigenvalue weighted by Gasteiger charge is 2.45. The van der Waals surface area contributed by atoms with E-state index in [1.807, 2.05) is 0 Å². The highest BCUT2D eigenvalue weighted by atomic mass is 19.4. The Labute approximate surface area is 186 Å². The van der Waals surface area contributed by atoms with Crippen LogP contribution in [0.15, 0.2) is 60.8 Å². The summed E-state index contributed by atoms with van der Waals surface area (Å²) in [4.78, 5) is 12.1. The number of halogens is 3. The second-order valence-electron chi connectivity index (χ2n) is 7.52. The molecule has 11 heteroatoms. The molecule has 174 valence electrons. The number of hydrazine groups is 1. The lowest BCUT2D eigenvalue weighted by atomic mass is 9.70. The molecule has 4 rings (SSSR count). The molecule has 2 atom stereocenters. The van der Waals surface area contributed by atoms with Crippen LogP contribution in [0.5, 0.6) is 5.75 Å². The average Bonchev–Trinajstić information content (AvgIpc) is 3.25. The number of hydrogen-bond acceptors (Lipinski definition) is 6. The van der Waals surface area contributed by atoms with Crippen molar-refractivity contribution >= 4 is 5.91 Å². The number of carbonyl (C=O) groups excluding carboxylic acids is 1. The number of alkyl halides is 3. The van der Waals surface area contributed by atoms with Crippen molar-refractivity contribution in [2.24, 2.45) is 0 Å². The molecule has 8 nitrogen and oxygen atoms in total. The minimum atomic E-state index is -4.85. The first-order chi connectivity index (χ1) is 15.7. The fourth-order valence-electron chi connectivity index (χ4n) is 3.72. The Balaban J connectivity index is 1.53. The van der Waals surface area contributed by atoms with Crippen molar-refractivity contribution in [3.05, 3.63) is 77.6 Å². The van der Waals surface area contributed by atoms with Crippen molar-refractivity contribution in [2.75, 3.05) is 7.11 Å². The average molecular weight is 460 g/mol. The molecule has 2 aromatic carbocycles. The number of rotatable bonds is 6. The van der Waals surface area contributed by atoms with E-state index in [-0.39, 0.29) is 0 Å². The van der Waals surface area contributed by atoms with E-state index in [1.54, 1.807) is 30.3 Å². The summed E-state index contributed by atoms with van der Waals surface area (Å²) in [6, 6.07) is 12.9. The van der Waals surface area contributed by atoms with Gasteiger partial charge in [0.05, 0.1) is 12.8 Å². The molecule has 1 aliphatic carbocycles. The van der Waals surface area contributed by atoms with Crippen LogP contribution in [0.2, 0.25) is 0 Å². The normalized spacial score (nSPS) is 22.5. The summed E-state index contributed by atoms with van der Waals surface area (Å²) >= 11 is 0. The number of aromatic nitrogens is 2. The van der Waals surface area contributed by atoms with Crippen molar-refractivity contribution in [3.63, 3.8) is 0 Å². The van der Waals surface area contributed by atoms with Crippen LogP contribution >= 0.6 is 0 Å². The van der Waals surface area contributed by atoms with E-state index < -0.39 is 47.5 Å². The number of ether oxygens (including phenoxy) is 1. The van der Waals surface area contributed by atoms with Gasteiger partial charge in [0.1, 0.15) is 5.75 Å². The van der Waals surface area contributed by atoms with Gasteiger partial charge >= 0.3 is 6.18 Å². The lowest BCUT2D eigenvalue weighted by Crippen LogP contribution is -2.75. The molecular formula is C22H19F3N4O4-2. The Morgan fingerprint density at radius 1 is 1.06 bits per heavy atom. The Morgan fingerprint density at radius 3 is 2.27 bits per heavy atom. The minimum Gasteiger partial charge on any atom is -0.850 e. The topological polar surface area (TPSA) is 114 Å². The van der Waals surface area contributed by atoms with Gasteiger partial charge in [-0.3, -0.25) is 10.2 Å². The molecule has 1 saturated carbocycles. The zero-order valence-corrected chi connectivity index (χ0v) is 17.2. The number of carbonyl (C=O) groups is 1. The van der Waals surface area contributed by atoms with Gasteiger partial charge < -0.3 is 14.9 Å². The summed E-state index contributed by atoms with van der Waals surface area (Å²) in [7, 11) is 1.45. The smallest absolute Gasteiger partial charge is 0.435 e. The van der Waals surface area contributed by atoms with Crippen LogP contribution in [0.3, 0.4) is 0 Å². The monoisotopic (exact) mass is 460 g/mol. The number of benzene rings is 2. The molecule has 33 heavy (non-hydrogen) atoms. The number of nitrogens with one attached hydrogen (secondary N) is 2. The lowest BCUT2D eigenvalue weighted by molar-refractivity contribution is -0.536. The standard InChI is InChI=1S/C22H19F3N4O4/c1-33-14-9-7-13(8-10-14)29-11-15(20(28-29)22(23,24)25)16-18(30)17(19(16)31)26-27-21(32)12-5-3-2-4-6-12/h2-11,16-19,26H,1H3,(H,27,32)/q-2. The van der Waals surface area contributed by atoms with Crippen LogP contribution in [-0.2, 0) is 6.18 Å². The molecule has 0 aliphatic heterocycles. The highest BCUT2D eigenvalue weighted by molar-refractivity contribution is 5.93. The summed E-state index contributed by atoms with van der Waals surface area (Å²) in [5.74, 6) is -1.53. The second kappa shape index (κ2) is 8.85. The molecule has 1 amide bonds. The Bertz CT molecular complexity index is 1110. The molecule has 2 N–H and O–H groups in total. The highest BCUT2D eigenvalue weighted by Crippen LogP contribution is 2.41. The summed E-state index contributed by atoms with van der Waals surface area (Å²) < 4.78 is 46.9. The van der Waals surface area contributed by atoms with Crippen molar-refractivity contribution in [2.45, 2.75) is 30.3 Å². The Kier molecular flexibility index (Phi) is 6.11. The van der Waals surface area contributed by atoms with Gasteiger partial charge in [-0.05, 0) is 42.3 Å². The number of methoxy groups -OCH3 is 1. The molecule has 3 aromatic rings. The van der Waals surface area contributed by atoms with E-state index in [4.69, 9.17) is 4.74 Å². The maximum atomic E-state index is 13.6. The maximum Gasteiger partial charge on any atom is 0.435 e. The largest absolute Gasteiger partial charge is 0.850 e. The quantitative estimate of drug-likeness (QED) is 0.525. The number of hydrogen-bond donors (Lipinski definition) is 2. The molecule has 1 aliphatic rings. The molecule has 0 spiro atoms. The SMILES string of the molecule is COc1ccc(-n2cc(C3C([O-])C(NNC(=O)c4ccccc4)C3[O-])c(C(F)(F)F)n2)cc1. The molecular weight excluding hydrogens is 441 g/mol. The van der Waals surface area contributed by atoms with E-state index in [1.165, 1.54) is 31.4 Å². The van der Waals surface area contributed by atoms with Gasteiger partial charge in [0.2, 0.25) is 0 Å². The van der Waals surface area contributed by atoms with Crippen molar-refractivity contribution in [3.8, 4) is 11.4 Å². The van der Waals surface area contributed by atoms with Gasteiger partial charge in [-0.25, -0.2) is 10.1 Å². The molecule has 1 aromatic heterocycles. The van der Waals surface area contributed by atoms with Crippen LogP contribution in [0.4, 0.5) is 13.2 Å². The number of nitrogens with zero attached hydrogens (tertiary/aromatic N) is 2. The van der Waals surface area contributed by atoms with Gasteiger partial charge in [-0.1, -0.05) is 18.2 Å². The summed E-state index contributed by atoms with van der Waals surface area (Å²) in [6.45, 7) is 0. The molecule has 0 radical (unpaired) electrons. The third kappa shape index (κ3) is 4.42. The molecule has 1 heterocycles. The third-order valence-corrected chi connectivity index (χ3v) is 5.51. The van der Waals surface area contributed by atoms with E-state index in [0.29, 0.717) is 17.0 Å². The summed E-state index contributed by atoms with van der Waals surface area (Å²) in [5, 5.41) is 29.0. The first kappa shape index (κ1) is 22.8. The van der Waals surface area contributed by atoms with Crippen LogP contribution in [0.25, 0.3) is 5.69 Å². The summed E-state index contributed by atoms with van der Waals surface area (Å²) in [6.07, 6.45) is -7.22. The van der Waals surface area contributed by atoms with Gasteiger partial charge in [0.15, 0.2) is 5.69 Å². The third-order valence-electron chi connectivity index (χ3n) is 5.51. The number of amides is 1. The van der Waals surface area contributed by atoms with Crippen LogP contribution in [0, 0.1) is 0 Å². The van der Waals surface area contributed by atoms with Crippen molar-refractivity contribution in [1.29, 1.82) is 0 Å². The van der Waals surface area contributed by atoms with Gasteiger partial charge in [-0.15, -0.1) is 12.2 Å². The minimum absolute atomic E-state index is 0.297. The lowest BCUT2D eigenvalue weighted by Gasteiger charge is -2.61. The predicted molar refractivity (Wildman–Crippen MR) is 106 cm³/mol. The van der Waals surface area contributed by atoms with Crippen molar-refractivity contribution in [1.82, 2.24) is 20.6 Å². The predicted octanol–water partition coefficient (Wildman–Crippen LogP) is 0.758. The van der Waals surface area contributed by atoms with Gasteiger partial charge in [0.25, 0.3) is 5.91 Å². The van der Waals surface area contributed by atoms with E-state index in [0.717, 1.165) is 10.9 Å². The first-order valence-electron chi connectivity index (χ1n) is 9.94. The van der Waals surface area contributed by atoms with E-state index in [2.05, 4.69) is 16.0 Å². The van der Waals surface area contributed by atoms with Crippen LogP contribution < -0.4 is 25.8 Å². The van der Waals surface area contributed by atoms with Crippen LogP contribution in [-0.4, -0.2) is 41.0 Å². The fourth-order valence-corrected chi connectivity index (χ4v) is 3.72. The zero-order chi connectivity index (χ0) is 23.8. The Hall–Kier alpha value is -3.41. The first-order valence-corrected chi connectivity index (χ1v) is 9.94. The zero-order valence-electron chi connectivity index (χ0n) is 17.2. The van der Waals surface area contributed by atoms with Gasteiger partial charge in [-0.2, -0.15) is 18.3 Å². The fraction of sp³-hybridized carbons (Fsp3) is 0.273. The molecule has 2 unspecified atom stereocenters. The maximum absolute atomic E-state index is 13.6.